The monoisotopic (exact) mass is 608 g/mol. The lowest BCUT2D eigenvalue weighted by atomic mass is 9.98. The summed E-state index contributed by atoms with van der Waals surface area (Å²) in [7, 11) is 0. The number of aromatic nitrogens is 3. The van der Waals surface area contributed by atoms with Crippen LogP contribution >= 0.6 is 0 Å². The second-order valence-electron chi connectivity index (χ2n) is 11.1. The van der Waals surface area contributed by atoms with Crippen LogP contribution in [-0.4, -0.2) is 15.0 Å². The van der Waals surface area contributed by atoms with Gasteiger partial charge in [-0.25, -0.2) is 15.0 Å². The Balaban J connectivity index is 1.13. The zero-order valence-electron chi connectivity index (χ0n) is 31.8. The van der Waals surface area contributed by atoms with Gasteiger partial charge in [0.15, 0.2) is 17.5 Å². The summed E-state index contributed by atoms with van der Waals surface area (Å²) in [4.78, 5) is 14.6. The van der Waals surface area contributed by atoms with Gasteiger partial charge in [0.05, 0.1) is 9.60 Å². The SMILES string of the molecule is [2H]c1c([2H])c([2H])c2c([2H])c(-c3ccc(-c4nc(-c5ccccc5)nc(-c5ccc(-c6cccc7oc8ccccc8c67)cc5)n4)cc3)c([2H])c([2H])c2c1[2H]. The third kappa shape index (κ3) is 4.93. The Kier molecular flexibility index (Phi) is 4.91. The lowest BCUT2D eigenvalue weighted by Crippen LogP contribution is -2.00. The molecule has 0 unspecified atom stereocenters. The van der Waals surface area contributed by atoms with E-state index in [2.05, 4.69) is 12.1 Å². The molecule has 9 aromatic rings. The molecule has 0 saturated carbocycles. The number of fused-ring (bicyclic) bond motifs is 4. The largest absolute Gasteiger partial charge is 0.456 e. The molecule has 0 radical (unpaired) electrons. The molecule has 0 atom stereocenters. The van der Waals surface area contributed by atoms with Crippen molar-refractivity contribution in [2.24, 2.45) is 0 Å². The van der Waals surface area contributed by atoms with Crippen LogP contribution in [0, 0.1) is 0 Å². The topological polar surface area (TPSA) is 51.8 Å². The van der Waals surface area contributed by atoms with Gasteiger partial charge in [-0.1, -0.05) is 145 Å². The van der Waals surface area contributed by atoms with Crippen molar-refractivity contribution in [2.75, 3.05) is 0 Å². The van der Waals surface area contributed by atoms with E-state index < -0.39 is 24.2 Å². The number of furan rings is 1. The molecule has 0 bridgehead atoms. The second kappa shape index (κ2) is 11.2. The smallest absolute Gasteiger partial charge is 0.164 e. The van der Waals surface area contributed by atoms with Gasteiger partial charge in [-0.15, -0.1) is 0 Å². The molecule has 220 valence electrons. The minimum atomic E-state index is -0.500. The molecule has 7 aromatic carbocycles. The van der Waals surface area contributed by atoms with E-state index in [0.717, 1.165) is 44.2 Å². The molecular weight excluding hydrogens is 574 g/mol. The van der Waals surface area contributed by atoms with Gasteiger partial charge in [0, 0.05) is 27.5 Å². The van der Waals surface area contributed by atoms with Gasteiger partial charge in [-0.3, -0.25) is 0 Å². The van der Waals surface area contributed by atoms with Crippen LogP contribution in [0.1, 0.15) is 9.60 Å². The first-order valence-electron chi connectivity index (χ1n) is 18.6. The fourth-order valence-electron chi connectivity index (χ4n) is 5.88. The fourth-order valence-corrected chi connectivity index (χ4v) is 5.88. The highest BCUT2D eigenvalue weighted by atomic mass is 16.3. The molecule has 9 rings (SSSR count). The normalized spacial score (nSPS) is 13.5. The highest BCUT2D eigenvalue weighted by Crippen LogP contribution is 2.37. The third-order valence-corrected chi connectivity index (χ3v) is 8.21. The van der Waals surface area contributed by atoms with Gasteiger partial charge in [0.2, 0.25) is 0 Å². The van der Waals surface area contributed by atoms with Gasteiger partial charge in [0.1, 0.15) is 11.2 Å². The Labute approximate surface area is 281 Å². The third-order valence-electron chi connectivity index (χ3n) is 8.21. The van der Waals surface area contributed by atoms with Crippen molar-refractivity contribution in [1.29, 1.82) is 0 Å². The van der Waals surface area contributed by atoms with Gasteiger partial charge < -0.3 is 4.42 Å². The van der Waals surface area contributed by atoms with Crippen molar-refractivity contribution in [1.82, 2.24) is 15.0 Å². The average molecular weight is 609 g/mol. The van der Waals surface area contributed by atoms with E-state index in [-0.39, 0.29) is 34.5 Å². The van der Waals surface area contributed by atoms with Crippen LogP contribution in [0.2, 0.25) is 0 Å². The Hall–Kier alpha value is -6.39. The maximum absolute atomic E-state index is 8.93. The summed E-state index contributed by atoms with van der Waals surface area (Å²) in [6.07, 6.45) is 0. The van der Waals surface area contributed by atoms with E-state index in [1.54, 1.807) is 24.3 Å². The zero-order chi connectivity index (χ0) is 37.2. The van der Waals surface area contributed by atoms with E-state index in [9.17, 15) is 0 Å². The van der Waals surface area contributed by atoms with E-state index >= 15 is 0 Å². The molecule has 2 heterocycles. The van der Waals surface area contributed by atoms with Crippen LogP contribution in [-0.2, 0) is 0 Å². The minimum Gasteiger partial charge on any atom is -0.456 e. The van der Waals surface area contributed by atoms with Gasteiger partial charge in [0.25, 0.3) is 0 Å². The Morgan fingerprint density at radius 2 is 1.00 bits per heavy atom. The van der Waals surface area contributed by atoms with Crippen molar-refractivity contribution >= 4 is 32.7 Å². The van der Waals surface area contributed by atoms with Crippen LogP contribution in [0.25, 0.3) is 89.1 Å². The maximum atomic E-state index is 8.93. The highest BCUT2D eigenvalue weighted by molar-refractivity contribution is 6.12. The predicted octanol–water partition coefficient (Wildman–Crippen LogP) is 11.3. The maximum Gasteiger partial charge on any atom is 0.164 e. The van der Waals surface area contributed by atoms with Crippen molar-refractivity contribution in [3.8, 4) is 56.4 Å². The van der Waals surface area contributed by atoms with E-state index in [1.165, 1.54) is 0 Å². The Morgan fingerprint density at radius 1 is 0.426 bits per heavy atom. The highest BCUT2D eigenvalue weighted by Gasteiger charge is 2.15. The fraction of sp³-hybridized carbons (Fsp3) is 0. The van der Waals surface area contributed by atoms with Crippen molar-refractivity contribution < 1.29 is 14.0 Å². The molecule has 0 amide bonds. The summed E-state index contributed by atoms with van der Waals surface area (Å²) in [6, 6.07) is 36.0. The lowest BCUT2D eigenvalue weighted by Gasteiger charge is -2.10. The first-order valence-corrected chi connectivity index (χ1v) is 15.1. The van der Waals surface area contributed by atoms with Gasteiger partial charge >= 0.3 is 0 Å². The summed E-state index contributed by atoms with van der Waals surface area (Å²) in [6.45, 7) is 0. The van der Waals surface area contributed by atoms with Gasteiger partial charge in [-0.2, -0.15) is 0 Å². The van der Waals surface area contributed by atoms with Crippen molar-refractivity contribution in [3.63, 3.8) is 0 Å². The zero-order valence-corrected chi connectivity index (χ0v) is 24.8. The van der Waals surface area contributed by atoms with Crippen molar-refractivity contribution in [2.45, 2.75) is 0 Å². The molecule has 0 aliphatic rings. The standard InChI is InChI=1S/C43H27N3O/c1-2-10-31(11-3-1)41-44-42(32-22-17-29(18-23-32)35-26-19-28-9-4-5-12-34(28)27-35)46-43(45-41)33-24-20-30(21-25-33)36-14-8-16-39-40(36)37-13-6-7-15-38(37)47-39/h1-27H/i4D,5D,9D,12D,19D,26D,27D. The van der Waals surface area contributed by atoms with E-state index in [4.69, 9.17) is 29.0 Å². The Morgan fingerprint density at radius 3 is 1.72 bits per heavy atom. The quantitative estimate of drug-likeness (QED) is 0.195. The molecule has 0 saturated heterocycles. The molecule has 0 spiro atoms. The number of hydrogen-bond donors (Lipinski definition) is 0. The second-order valence-corrected chi connectivity index (χ2v) is 11.1. The first-order chi connectivity index (χ1) is 26.2. The minimum absolute atomic E-state index is 0.0866. The molecule has 0 aliphatic carbocycles. The summed E-state index contributed by atoms with van der Waals surface area (Å²) < 4.78 is 65.4. The number of hydrogen-bond acceptors (Lipinski definition) is 4. The molecule has 0 fully saturated rings. The van der Waals surface area contributed by atoms with Crippen molar-refractivity contribution in [3.05, 3.63) is 164 Å². The van der Waals surface area contributed by atoms with Crippen LogP contribution in [0.3, 0.4) is 0 Å². The predicted molar refractivity (Wildman–Crippen MR) is 192 cm³/mol. The van der Waals surface area contributed by atoms with Crippen LogP contribution in [0.5, 0.6) is 0 Å². The molecule has 0 N–H and O–H groups in total. The van der Waals surface area contributed by atoms with E-state index in [0.29, 0.717) is 28.6 Å². The molecule has 4 heteroatoms. The summed E-state index contributed by atoms with van der Waals surface area (Å²) in [5.74, 6) is 1.38. The molecule has 0 aliphatic heterocycles. The van der Waals surface area contributed by atoms with Crippen LogP contribution < -0.4 is 0 Å². The van der Waals surface area contributed by atoms with E-state index in [1.807, 2.05) is 84.9 Å². The average Bonchev–Trinajstić information content (AvgIpc) is 3.60. The molecule has 47 heavy (non-hydrogen) atoms. The number of benzene rings is 7. The number of nitrogens with zero attached hydrogens (tertiary/aromatic N) is 3. The summed E-state index contributed by atoms with van der Waals surface area (Å²) >= 11 is 0. The lowest BCUT2D eigenvalue weighted by molar-refractivity contribution is 0.669. The molecular formula is C43H27N3O. The molecule has 2 aromatic heterocycles. The summed E-state index contributed by atoms with van der Waals surface area (Å²) in [5, 5.41) is 1.89. The first kappa shape index (κ1) is 20.6. The molecule has 4 nitrogen and oxygen atoms in total. The summed E-state index contributed by atoms with van der Waals surface area (Å²) in [5.41, 5.74) is 6.55. The Bertz CT molecular complexity index is 2950. The van der Waals surface area contributed by atoms with Crippen LogP contribution in [0.15, 0.2) is 168 Å². The number of rotatable bonds is 5. The van der Waals surface area contributed by atoms with Gasteiger partial charge in [-0.05, 0) is 51.2 Å². The number of para-hydroxylation sites is 1. The van der Waals surface area contributed by atoms with Crippen LogP contribution in [0.4, 0.5) is 0 Å².